The monoisotopic (exact) mass is 301 g/mol. The quantitative estimate of drug-likeness (QED) is 0.624. The first-order valence-electron chi connectivity index (χ1n) is 7.42. The van der Waals surface area contributed by atoms with Gasteiger partial charge in [0.15, 0.2) is 11.5 Å². The van der Waals surface area contributed by atoms with Gasteiger partial charge in [0.25, 0.3) is 0 Å². The Labute approximate surface area is 133 Å². The van der Waals surface area contributed by atoms with E-state index in [1.807, 2.05) is 36.4 Å². The maximum Gasteiger partial charge on any atom is 0.182 e. The number of rotatable bonds is 4. The van der Waals surface area contributed by atoms with Crippen LogP contribution in [-0.2, 0) is 6.54 Å². The van der Waals surface area contributed by atoms with Crippen molar-refractivity contribution in [1.82, 2.24) is 19.9 Å². The Morgan fingerprint density at radius 1 is 0.826 bits per heavy atom. The van der Waals surface area contributed by atoms with Crippen LogP contribution in [0.1, 0.15) is 5.56 Å². The Morgan fingerprint density at radius 2 is 1.57 bits per heavy atom. The normalized spacial score (nSPS) is 10.8. The molecule has 2 aromatic heterocycles. The van der Waals surface area contributed by atoms with Crippen molar-refractivity contribution in [2.24, 2.45) is 0 Å². The molecule has 1 N–H and O–H groups in total. The van der Waals surface area contributed by atoms with Crippen molar-refractivity contribution in [3.63, 3.8) is 0 Å². The zero-order valence-corrected chi connectivity index (χ0v) is 12.4. The molecule has 4 rings (SSSR count). The molecule has 0 aliphatic heterocycles. The predicted molar refractivity (Wildman–Crippen MR) is 90.4 cm³/mol. The molecule has 0 aliphatic carbocycles. The number of imidazole rings is 1. The number of fused-ring (bicyclic) bond motifs is 1. The van der Waals surface area contributed by atoms with Crippen molar-refractivity contribution >= 4 is 22.7 Å². The van der Waals surface area contributed by atoms with E-state index >= 15 is 0 Å². The third kappa shape index (κ3) is 2.64. The summed E-state index contributed by atoms with van der Waals surface area (Å²) in [5.41, 5.74) is 3.80. The van der Waals surface area contributed by atoms with Crippen LogP contribution in [0.3, 0.4) is 0 Å². The van der Waals surface area contributed by atoms with Crippen molar-refractivity contribution in [1.29, 1.82) is 0 Å². The summed E-state index contributed by atoms with van der Waals surface area (Å²) in [5, 5.41) is 0. The van der Waals surface area contributed by atoms with E-state index in [0.29, 0.717) is 5.65 Å². The molecule has 0 unspecified atom stereocenters. The van der Waals surface area contributed by atoms with E-state index in [1.165, 1.54) is 5.56 Å². The molecule has 0 saturated heterocycles. The number of hydrogen-bond donors (Lipinski definition) is 1. The Balaban J connectivity index is 1.84. The lowest BCUT2D eigenvalue weighted by Gasteiger charge is -2.24. The van der Waals surface area contributed by atoms with Gasteiger partial charge >= 0.3 is 0 Å². The standard InChI is InChI=1S/C18H15N5/c1-3-7-14(8-4-1)11-23(15-9-5-2-6-10-15)18-16-17(20-12-19-16)21-13-22-18/h1-10,12-13H,11H2,(H,19,20,21,22). The number of hydrogen-bond acceptors (Lipinski definition) is 4. The van der Waals surface area contributed by atoms with E-state index < -0.39 is 0 Å². The molecule has 5 nitrogen and oxygen atoms in total. The van der Waals surface area contributed by atoms with Gasteiger partial charge in [0.1, 0.15) is 11.8 Å². The second kappa shape index (κ2) is 5.88. The van der Waals surface area contributed by atoms with Gasteiger partial charge in [-0.25, -0.2) is 15.0 Å². The van der Waals surface area contributed by atoms with Crippen molar-refractivity contribution < 1.29 is 0 Å². The van der Waals surface area contributed by atoms with Gasteiger partial charge in [0.2, 0.25) is 0 Å². The lowest BCUT2D eigenvalue weighted by molar-refractivity contribution is 0.946. The molecule has 112 valence electrons. The van der Waals surface area contributed by atoms with Gasteiger partial charge in [0.05, 0.1) is 6.33 Å². The first-order chi connectivity index (χ1) is 11.4. The summed E-state index contributed by atoms with van der Waals surface area (Å²) in [7, 11) is 0. The van der Waals surface area contributed by atoms with Gasteiger partial charge in [0, 0.05) is 12.2 Å². The van der Waals surface area contributed by atoms with Crippen molar-refractivity contribution in [3.05, 3.63) is 78.9 Å². The molecule has 0 atom stereocenters. The van der Waals surface area contributed by atoms with Crippen LogP contribution in [0, 0.1) is 0 Å². The molecule has 2 aromatic carbocycles. The minimum Gasteiger partial charge on any atom is -0.340 e. The Bertz CT molecular complexity index is 902. The summed E-state index contributed by atoms with van der Waals surface area (Å²) in [6.07, 6.45) is 3.20. The maximum absolute atomic E-state index is 4.50. The van der Waals surface area contributed by atoms with E-state index in [-0.39, 0.29) is 0 Å². The van der Waals surface area contributed by atoms with Crippen LogP contribution in [0.25, 0.3) is 11.2 Å². The van der Waals surface area contributed by atoms with Crippen molar-refractivity contribution in [3.8, 4) is 0 Å². The average Bonchev–Trinajstić information content (AvgIpc) is 3.10. The fourth-order valence-corrected chi connectivity index (χ4v) is 2.62. The van der Waals surface area contributed by atoms with Crippen LogP contribution in [-0.4, -0.2) is 19.9 Å². The van der Waals surface area contributed by atoms with Gasteiger partial charge in [-0.3, -0.25) is 0 Å². The zero-order chi connectivity index (χ0) is 15.5. The molecule has 0 spiro atoms. The molecule has 0 fully saturated rings. The highest BCUT2D eigenvalue weighted by atomic mass is 15.2. The molecule has 2 heterocycles. The van der Waals surface area contributed by atoms with E-state index in [0.717, 1.165) is 23.6 Å². The Hall–Kier alpha value is -3.21. The molecule has 0 amide bonds. The lowest BCUT2D eigenvalue weighted by atomic mass is 10.2. The molecule has 5 heteroatoms. The summed E-state index contributed by atoms with van der Waals surface area (Å²) >= 11 is 0. The smallest absolute Gasteiger partial charge is 0.182 e. The molecule has 0 aliphatic rings. The summed E-state index contributed by atoms with van der Waals surface area (Å²) in [6.45, 7) is 0.718. The van der Waals surface area contributed by atoms with Crippen LogP contribution in [0.5, 0.6) is 0 Å². The molecule has 4 aromatic rings. The zero-order valence-electron chi connectivity index (χ0n) is 12.4. The molecular weight excluding hydrogens is 286 g/mol. The van der Waals surface area contributed by atoms with E-state index in [4.69, 9.17) is 0 Å². The highest BCUT2D eigenvalue weighted by Crippen LogP contribution is 2.29. The number of nitrogens with zero attached hydrogens (tertiary/aromatic N) is 4. The minimum atomic E-state index is 0.670. The lowest BCUT2D eigenvalue weighted by Crippen LogP contribution is -2.18. The predicted octanol–water partition coefficient (Wildman–Crippen LogP) is 3.69. The first-order valence-corrected chi connectivity index (χ1v) is 7.42. The van der Waals surface area contributed by atoms with E-state index in [1.54, 1.807) is 12.7 Å². The SMILES string of the molecule is c1ccc(CN(c2ccccc2)c2ncnc3nc[nH]c23)cc1. The third-order valence-electron chi connectivity index (χ3n) is 3.71. The number of nitrogens with one attached hydrogen (secondary N) is 1. The number of anilines is 2. The number of aromatic nitrogens is 4. The minimum absolute atomic E-state index is 0.670. The second-order valence-corrected chi connectivity index (χ2v) is 5.21. The molecule has 0 radical (unpaired) electrons. The van der Waals surface area contributed by atoms with Gasteiger partial charge in [-0.05, 0) is 17.7 Å². The van der Waals surface area contributed by atoms with Crippen LogP contribution in [0.4, 0.5) is 11.5 Å². The van der Waals surface area contributed by atoms with Crippen molar-refractivity contribution in [2.75, 3.05) is 4.90 Å². The fourth-order valence-electron chi connectivity index (χ4n) is 2.62. The molecule has 0 bridgehead atoms. The van der Waals surface area contributed by atoms with E-state index in [9.17, 15) is 0 Å². The average molecular weight is 301 g/mol. The highest BCUT2D eigenvalue weighted by Gasteiger charge is 2.16. The van der Waals surface area contributed by atoms with Crippen LogP contribution >= 0.6 is 0 Å². The fraction of sp³-hybridized carbons (Fsp3) is 0.0556. The van der Waals surface area contributed by atoms with Gasteiger partial charge in [-0.1, -0.05) is 48.5 Å². The van der Waals surface area contributed by atoms with Crippen LogP contribution < -0.4 is 4.90 Å². The van der Waals surface area contributed by atoms with Crippen molar-refractivity contribution in [2.45, 2.75) is 6.54 Å². The Kier molecular flexibility index (Phi) is 3.44. The Morgan fingerprint density at radius 3 is 2.35 bits per heavy atom. The topological polar surface area (TPSA) is 57.7 Å². The molecule has 0 saturated carbocycles. The number of benzene rings is 2. The second-order valence-electron chi connectivity index (χ2n) is 5.21. The van der Waals surface area contributed by atoms with Gasteiger partial charge in [-0.2, -0.15) is 0 Å². The first kappa shape index (κ1) is 13.5. The van der Waals surface area contributed by atoms with Gasteiger partial charge in [-0.15, -0.1) is 0 Å². The summed E-state index contributed by atoms with van der Waals surface area (Å²) < 4.78 is 0. The summed E-state index contributed by atoms with van der Waals surface area (Å²) in [4.78, 5) is 18.2. The summed E-state index contributed by atoms with van der Waals surface area (Å²) in [5.74, 6) is 0.822. The van der Waals surface area contributed by atoms with Gasteiger partial charge < -0.3 is 9.88 Å². The van der Waals surface area contributed by atoms with Crippen LogP contribution in [0.2, 0.25) is 0 Å². The summed E-state index contributed by atoms with van der Waals surface area (Å²) in [6, 6.07) is 20.6. The number of para-hydroxylation sites is 1. The highest BCUT2D eigenvalue weighted by molar-refractivity contribution is 5.85. The van der Waals surface area contributed by atoms with E-state index in [2.05, 4.69) is 49.1 Å². The largest absolute Gasteiger partial charge is 0.340 e. The maximum atomic E-state index is 4.50. The van der Waals surface area contributed by atoms with Crippen LogP contribution in [0.15, 0.2) is 73.3 Å². The third-order valence-corrected chi connectivity index (χ3v) is 3.71. The number of H-pyrrole nitrogens is 1. The molecule has 23 heavy (non-hydrogen) atoms. The molecular formula is C18H15N5. The number of aromatic amines is 1.